The fraction of sp³-hybridized carbons (Fsp3) is 0.375. The van der Waals surface area contributed by atoms with Gasteiger partial charge in [0.25, 0.3) is 0 Å². The van der Waals surface area contributed by atoms with Gasteiger partial charge in [-0.05, 0) is 18.5 Å². The largest absolute Gasteiger partial charge is 0.394 e. The minimum Gasteiger partial charge on any atom is -0.394 e. The highest BCUT2D eigenvalue weighted by atomic mass is 35.5. The van der Waals surface area contributed by atoms with E-state index in [2.05, 4.69) is 15.3 Å². The van der Waals surface area contributed by atoms with Crippen molar-refractivity contribution in [3.63, 3.8) is 0 Å². The van der Waals surface area contributed by atoms with Crippen molar-refractivity contribution in [1.29, 1.82) is 0 Å². The number of amides is 1. The van der Waals surface area contributed by atoms with E-state index in [1.165, 1.54) is 6.20 Å². The molecule has 1 unspecified atom stereocenters. The third kappa shape index (κ3) is 3.59. The first-order valence-corrected chi connectivity index (χ1v) is 4.69. The van der Waals surface area contributed by atoms with Crippen LogP contribution in [0.1, 0.15) is 13.3 Å². The lowest BCUT2D eigenvalue weighted by Crippen LogP contribution is -2.24. The van der Waals surface area contributed by atoms with Gasteiger partial charge in [0.05, 0.1) is 11.9 Å². The highest BCUT2D eigenvalue weighted by Crippen LogP contribution is 2.17. The highest BCUT2D eigenvalue weighted by molar-refractivity contribution is 6.28. The number of aromatic nitrogens is 2. The fourth-order valence-corrected chi connectivity index (χ4v) is 1.20. The summed E-state index contributed by atoms with van der Waals surface area (Å²) in [5.41, 5.74) is 11.0. The Kier molecular flexibility index (Phi) is 3.68. The number of nitrogens with two attached hydrogens (primary N) is 2. The van der Waals surface area contributed by atoms with Gasteiger partial charge in [-0.3, -0.25) is 4.79 Å². The summed E-state index contributed by atoms with van der Waals surface area (Å²) in [5.74, 6) is 0.0116. The van der Waals surface area contributed by atoms with Crippen molar-refractivity contribution in [1.82, 2.24) is 9.97 Å². The molecule has 0 saturated heterocycles. The molecule has 1 aromatic rings. The molecular weight excluding hydrogens is 218 g/mol. The number of hydrogen-bond donors (Lipinski definition) is 3. The summed E-state index contributed by atoms with van der Waals surface area (Å²) >= 11 is 5.60. The van der Waals surface area contributed by atoms with Gasteiger partial charge < -0.3 is 16.8 Å². The van der Waals surface area contributed by atoms with Gasteiger partial charge in [0.1, 0.15) is 0 Å². The molecular formula is C8H12ClN5O. The number of rotatable bonds is 4. The molecule has 6 nitrogen and oxygen atoms in total. The van der Waals surface area contributed by atoms with Gasteiger partial charge in [-0.1, -0.05) is 0 Å². The zero-order chi connectivity index (χ0) is 11.4. The lowest BCUT2D eigenvalue weighted by molar-refractivity contribution is -0.118. The van der Waals surface area contributed by atoms with Crippen molar-refractivity contribution in [3.05, 3.63) is 11.5 Å². The Morgan fingerprint density at radius 3 is 3.00 bits per heavy atom. The molecule has 0 bridgehead atoms. The van der Waals surface area contributed by atoms with Crippen LogP contribution >= 0.6 is 11.6 Å². The number of hydrogen-bond acceptors (Lipinski definition) is 5. The van der Waals surface area contributed by atoms with Crippen LogP contribution in [0.5, 0.6) is 0 Å². The Hall–Kier alpha value is -1.56. The quantitative estimate of drug-likeness (QED) is 0.648. The Labute approximate surface area is 92.0 Å². The zero-order valence-corrected chi connectivity index (χ0v) is 8.95. The van der Waals surface area contributed by atoms with Gasteiger partial charge in [0, 0.05) is 12.5 Å². The number of nitrogen functional groups attached to an aromatic ring is 1. The van der Waals surface area contributed by atoms with Crippen LogP contribution in [0.4, 0.5) is 11.5 Å². The van der Waals surface area contributed by atoms with Crippen molar-refractivity contribution >= 4 is 29.0 Å². The van der Waals surface area contributed by atoms with Crippen molar-refractivity contribution in [2.45, 2.75) is 19.4 Å². The first-order valence-electron chi connectivity index (χ1n) is 4.32. The molecule has 0 aliphatic heterocycles. The number of nitrogens with zero attached hydrogens (tertiary/aromatic N) is 2. The van der Waals surface area contributed by atoms with Crippen molar-refractivity contribution < 1.29 is 4.79 Å². The molecule has 7 heteroatoms. The Morgan fingerprint density at radius 2 is 2.40 bits per heavy atom. The van der Waals surface area contributed by atoms with Crippen LogP contribution in [0.2, 0.25) is 5.28 Å². The van der Waals surface area contributed by atoms with E-state index in [4.69, 9.17) is 23.1 Å². The third-order valence-electron chi connectivity index (χ3n) is 1.68. The summed E-state index contributed by atoms with van der Waals surface area (Å²) in [6.07, 6.45) is 1.59. The van der Waals surface area contributed by atoms with Gasteiger partial charge in [-0.25, -0.2) is 4.98 Å². The minimum atomic E-state index is -0.395. The molecule has 82 valence electrons. The van der Waals surface area contributed by atoms with Crippen molar-refractivity contribution in [3.8, 4) is 0 Å². The van der Waals surface area contributed by atoms with Crippen LogP contribution in [-0.2, 0) is 4.79 Å². The second-order valence-corrected chi connectivity index (χ2v) is 3.50. The van der Waals surface area contributed by atoms with Crippen molar-refractivity contribution in [2.75, 3.05) is 11.1 Å². The Balaban J connectivity index is 2.71. The van der Waals surface area contributed by atoms with Gasteiger partial charge in [0.15, 0.2) is 5.82 Å². The summed E-state index contributed by atoms with van der Waals surface area (Å²) < 4.78 is 0. The number of carbonyl (C=O) groups is 1. The van der Waals surface area contributed by atoms with Crippen LogP contribution < -0.4 is 16.8 Å². The molecule has 0 saturated carbocycles. The van der Waals surface area contributed by atoms with E-state index in [9.17, 15) is 4.79 Å². The topological polar surface area (TPSA) is 107 Å². The minimum absolute atomic E-state index is 0.0953. The van der Waals surface area contributed by atoms with E-state index in [1.54, 1.807) is 6.92 Å². The highest BCUT2D eigenvalue weighted by Gasteiger charge is 2.09. The van der Waals surface area contributed by atoms with Gasteiger partial charge in [-0.2, -0.15) is 4.98 Å². The summed E-state index contributed by atoms with van der Waals surface area (Å²) in [4.78, 5) is 18.2. The second-order valence-electron chi connectivity index (χ2n) is 3.16. The Morgan fingerprint density at radius 1 is 1.73 bits per heavy atom. The molecule has 0 radical (unpaired) electrons. The fourth-order valence-electron chi connectivity index (χ4n) is 1.07. The molecule has 0 fully saturated rings. The van der Waals surface area contributed by atoms with Gasteiger partial charge in [0.2, 0.25) is 11.2 Å². The predicted molar refractivity (Wildman–Crippen MR) is 58.4 cm³/mol. The van der Waals surface area contributed by atoms with E-state index in [0.29, 0.717) is 11.5 Å². The summed E-state index contributed by atoms with van der Waals surface area (Å²) in [7, 11) is 0. The smallest absolute Gasteiger partial charge is 0.224 e. The van der Waals surface area contributed by atoms with Crippen LogP contribution in [0.15, 0.2) is 6.20 Å². The standard InChI is InChI=1S/C8H12ClN5O/c1-4(2-6(11)15)13-7-5(10)3-12-8(9)14-7/h3-4H,2,10H2,1H3,(H2,11,15)(H,12,13,14). The number of primary amides is 1. The Bertz CT molecular complexity index is 370. The molecule has 1 heterocycles. The number of anilines is 2. The summed E-state index contributed by atoms with van der Waals surface area (Å²) in [6.45, 7) is 1.79. The average Bonchev–Trinajstić information content (AvgIpc) is 2.10. The molecule has 15 heavy (non-hydrogen) atoms. The average molecular weight is 230 g/mol. The number of carbonyl (C=O) groups excluding carboxylic acids is 1. The molecule has 1 amide bonds. The first-order chi connectivity index (χ1) is 6.99. The first kappa shape index (κ1) is 11.5. The SMILES string of the molecule is CC(CC(N)=O)Nc1nc(Cl)ncc1N. The van der Waals surface area contributed by atoms with Crippen molar-refractivity contribution in [2.24, 2.45) is 5.73 Å². The second kappa shape index (κ2) is 4.79. The van der Waals surface area contributed by atoms with Crippen LogP contribution in [-0.4, -0.2) is 21.9 Å². The maximum atomic E-state index is 10.6. The molecule has 0 aliphatic rings. The van der Waals surface area contributed by atoms with Crippen LogP contribution in [0.25, 0.3) is 0 Å². The third-order valence-corrected chi connectivity index (χ3v) is 1.86. The summed E-state index contributed by atoms with van der Waals surface area (Å²) in [6, 6.07) is -0.157. The molecule has 1 atom stereocenters. The van der Waals surface area contributed by atoms with E-state index in [0.717, 1.165) is 0 Å². The van der Waals surface area contributed by atoms with E-state index in [-0.39, 0.29) is 17.7 Å². The van der Waals surface area contributed by atoms with E-state index < -0.39 is 5.91 Å². The number of nitrogens with one attached hydrogen (secondary N) is 1. The molecule has 0 aliphatic carbocycles. The normalized spacial score (nSPS) is 12.1. The molecule has 1 aromatic heterocycles. The van der Waals surface area contributed by atoms with E-state index in [1.807, 2.05) is 0 Å². The van der Waals surface area contributed by atoms with E-state index >= 15 is 0 Å². The zero-order valence-electron chi connectivity index (χ0n) is 8.20. The lowest BCUT2D eigenvalue weighted by atomic mass is 10.2. The molecule has 0 spiro atoms. The monoisotopic (exact) mass is 229 g/mol. The maximum absolute atomic E-state index is 10.6. The van der Waals surface area contributed by atoms with Crippen LogP contribution in [0, 0.1) is 0 Å². The number of halogens is 1. The maximum Gasteiger partial charge on any atom is 0.224 e. The van der Waals surface area contributed by atoms with Gasteiger partial charge >= 0.3 is 0 Å². The molecule has 1 rings (SSSR count). The molecule has 0 aromatic carbocycles. The van der Waals surface area contributed by atoms with Gasteiger partial charge in [-0.15, -0.1) is 0 Å². The van der Waals surface area contributed by atoms with Crippen LogP contribution in [0.3, 0.4) is 0 Å². The molecule has 5 N–H and O–H groups in total. The lowest BCUT2D eigenvalue weighted by Gasteiger charge is -2.13. The summed E-state index contributed by atoms with van der Waals surface area (Å²) in [5, 5.41) is 3.02. The predicted octanol–water partition coefficient (Wildman–Crippen LogP) is 0.388.